The van der Waals surface area contributed by atoms with E-state index in [1.165, 1.54) is 12.8 Å². The number of nitrogens with two attached hydrogens (primary N) is 1. The van der Waals surface area contributed by atoms with E-state index in [4.69, 9.17) is 10.5 Å². The van der Waals surface area contributed by atoms with Crippen LogP contribution in [0, 0.1) is 5.92 Å². The molecule has 0 saturated heterocycles. The van der Waals surface area contributed by atoms with Gasteiger partial charge in [-0.2, -0.15) is 0 Å². The Bertz CT molecular complexity index is 367. The highest BCUT2D eigenvalue weighted by molar-refractivity contribution is 9.10. The number of halogens is 1. The van der Waals surface area contributed by atoms with Crippen molar-refractivity contribution in [3.05, 3.63) is 22.7 Å². The van der Waals surface area contributed by atoms with Crippen molar-refractivity contribution in [3.8, 4) is 5.75 Å². The highest BCUT2D eigenvalue weighted by atomic mass is 79.9. The molecule has 2 rings (SSSR count). The van der Waals surface area contributed by atoms with Gasteiger partial charge in [0.25, 0.3) is 0 Å². The van der Waals surface area contributed by atoms with Crippen LogP contribution in [0.5, 0.6) is 5.75 Å². The van der Waals surface area contributed by atoms with Crippen molar-refractivity contribution in [1.82, 2.24) is 0 Å². The summed E-state index contributed by atoms with van der Waals surface area (Å²) in [4.78, 5) is 0. The Morgan fingerprint density at radius 2 is 2.19 bits per heavy atom. The van der Waals surface area contributed by atoms with Gasteiger partial charge in [0.2, 0.25) is 0 Å². The maximum atomic E-state index is 5.97. The topological polar surface area (TPSA) is 35.2 Å². The molecule has 1 saturated carbocycles. The number of benzene rings is 1. The minimum Gasteiger partial charge on any atom is -0.488 e. The highest BCUT2D eigenvalue weighted by Crippen LogP contribution is 2.31. The summed E-state index contributed by atoms with van der Waals surface area (Å²) < 4.78 is 6.96. The van der Waals surface area contributed by atoms with Crippen LogP contribution in [0.15, 0.2) is 22.7 Å². The third kappa shape index (κ3) is 2.91. The van der Waals surface area contributed by atoms with Crippen LogP contribution in [-0.4, -0.2) is 6.10 Å². The molecule has 2 nitrogen and oxygen atoms in total. The fraction of sp³-hybridized carbons (Fsp3) is 0.538. The second-order valence-electron chi connectivity index (χ2n) is 4.69. The number of hydrogen-bond donors (Lipinski definition) is 1. The van der Waals surface area contributed by atoms with Crippen molar-refractivity contribution in [1.29, 1.82) is 0 Å². The van der Waals surface area contributed by atoms with E-state index in [0.29, 0.717) is 11.8 Å². The molecule has 1 aromatic rings. The fourth-order valence-corrected chi connectivity index (χ4v) is 2.67. The third-order valence-corrected chi connectivity index (χ3v) is 3.65. The first kappa shape index (κ1) is 11.8. The lowest BCUT2D eigenvalue weighted by Crippen LogP contribution is -2.24. The molecule has 16 heavy (non-hydrogen) atoms. The summed E-state index contributed by atoms with van der Waals surface area (Å²) in [6, 6.07) is 5.80. The smallest absolute Gasteiger partial charge is 0.142 e. The second-order valence-corrected chi connectivity index (χ2v) is 5.61. The van der Waals surface area contributed by atoms with E-state index >= 15 is 0 Å². The first-order chi connectivity index (χ1) is 7.65. The van der Waals surface area contributed by atoms with Gasteiger partial charge >= 0.3 is 0 Å². The van der Waals surface area contributed by atoms with Crippen LogP contribution in [0.2, 0.25) is 0 Å². The molecule has 0 amide bonds. The second kappa shape index (κ2) is 5.09. The van der Waals surface area contributed by atoms with Crippen LogP contribution in [0.3, 0.4) is 0 Å². The van der Waals surface area contributed by atoms with Crippen molar-refractivity contribution in [2.75, 3.05) is 5.73 Å². The lowest BCUT2D eigenvalue weighted by atomic mass is 9.89. The summed E-state index contributed by atoms with van der Waals surface area (Å²) in [5.74, 6) is 1.60. The van der Waals surface area contributed by atoms with Crippen molar-refractivity contribution < 1.29 is 4.74 Å². The maximum absolute atomic E-state index is 5.97. The van der Waals surface area contributed by atoms with Crippen LogP contribution < -0.4 is 10.5 Å². The van der Waals surface area contributed by atoms with E-state index in [9.17, 15) is 0 Å². The molecule has 0 radical (unpaired) electrons. The van der Waals surface area contributed by atoms with Gasteiger partial charge in [-0.1, -0.05) is 29.3 Å². The van der Waals surface area contributed by atoms with Crippen molar-refractivity contribution >= 4 is 21.6 Å². The van der Waals surface area contributed by atoms with Crippen molar-refractivity contribution in [2.24, 2.45) is 5.92 Å². The van der Waals surface area contributed by atoms with E-state index in [0.717, 1.165) is 29.0 Å². The van der Waals surface area contributed by atoms with E-state index in [-0.39, 0.29) is 0 Å². The zero-order chi connectivity index (χ0) is 11.5. The van der Waals surface area contributed by atoms with Gasteiger partial charge in [-0.05, 0) is 43.4 Å². The molecule has 2 N–H and O–H groups in total. The molecular formula is C13H18BrNO. The first-order valence-electron chi connectivity index (χ1n) is 5.87. The summed E-state index contributed by atoms with van der Waals surface area (Å²) >= 11 is 3.40. The van der Waals surface area contributed by atoms with Crippen LogP contribution >= 0.6 is 15.9 Å². The predicted molar refractivity (Wildman–Crippen MR) is 70.6 cm³/mol. The molecular weight excluding hydrogens is 266 g/mol. The quantitative estimate of drug-likeness (QED) is 0.833. The number of rotatable bonds is 2. The summed E-state index contributed by atoms with van der Waals surface area (Å²) in [5.41, 5.74) is 6.63. The number of hydrogen-bond acceptors (Lipinski definition) is 2. The Balaban J connectivity index is 2.02. The lowest BCUT2D eigenvalue weighted by molar-refractivity contribution is 0.130. The Morgan fingerprint density at radius 1 is 1.38 bits per heavy atom. The Morgan fingerprint density at radius 3 is 2.88 bits per heavy atom. The Labute approximate surface area is 105 Å². The van der Waals surface area contributed by atoms with Gasteiger partial charge < -0.3 is 10.5 Å². The number of ether oxygens (including phenoxy) is 1. The van der Waals surface area contributed by atoms with Gasteiger partial charge in [0, 0.05) is 4.47 Å². The molecule has 1 fully saturated rings. The van der Waals surface area contributed by atoms with E-state index in [1.807, 2.05) is 18.2 Å². The average Bonchev–Trinajstić information content (AvgIpc) is 2.22. The van der Waals surface area contributed by atoms with Crippen LogP contribution in [0.4, 0.5) is 5.69 Å². The van der Waals surface area contributed by atoms with Crippen LogP contribution in [0.1, 0.15) is 32.6 Å². The molecule has 2 unspecified atom stereocenters. The fourth-order valence-electron chi connectivity index (χ4n) is 2.29. The standard InChI is InChI=1S/C13H18BrNO/c1-9-3-2-4-11(7-9)16-13-6-5-10(14)8-12(13)15/h5-6,8-9,11H,2-4,7,15H2,1H3. The number of anilines is 1. The van der Waals surface area contributed by atoms with E-state index in [1.54, 1.807) is 0 Å². The first-order valence-corrected chi connectivity index (χ1v) is 6.66. The largest absolute Gasteiger partial charge is 0.488 e. The molecule has 0 bridgehead atoms. The molecule has 0 aromatic heterocycles. The summed E-state index contributed by atoms with van der Waals surface area (Å²) in [5, 5.41) is 0. The zero-order valence-electron chi connectivity index (χ0n) is 9.58. The SMILES string of the molecule is CC1CCCC(Oc2ccc(Br)cc2N)C1. The van der Waals surface area contributed by atoms with Crippen LogP contribution in [-0.2, 0) is 0 Å². The minimum atomic E-state index is 0.340. The summed E-state index contributed by atoms with van der Waals surface area (Å²) in [6.45, 7) is 2.29. The van der Waals surface area contributed by atoms with Gasteiger partial charge in [0.15, 0.2) is 0 Å². The number of nitrogen functional groups attached to an aromatic ring is 1. The molecule has 88 valence electrons. The van der Waals surface area contributed by atoms with Gasteiger partial charge in [-0.15, -0.1) is 0 Å². The van der Waals surface area contributed by atoms with Gasteiger partial charge in [0.05, 0.1) is 11.8 Å². The Kier molecular flexibility index (Phi) is 3.74. The van der Waals surface area contributed by atoms with Crippen molar-refractivity contribution in [3.63, 3.8) is 0 Å². The molecule has 1 aliphatic rings. The maximum Gasteiger partial charge on any atom is 0.142 e. The zero-order valence-corrected chi connectivity index (χ0v) is 11.2. The van der Waals surface area contributed by atoms with Crippen LogP contribution in [0.25, 0.3) is 0 Å². The van der Waals surface area contributed by atoms with E-state index < -0.39 is 0 Å². The molecule has 2 atom stereocenters. The van der Waals surface area contributed by atoms with Gasteiger partial charge in [-0.25, -0.2) is 0 Å². The molecule has 3 heteroatoms. The predicted octanol–water partition coefficient (Wildman–Crippen LogP) is 3.99. The normalized spacial score (nSPS) is 25.4. The van der Waals surface area contributed by atoms with E-state index in [2.05, 4.69) is 22.9 Å². The third-order valence-electron chi connectivity index (χ3n) is 3.15. The monoisotopic (exact) mass is 283 g/mol. The molecule has 0 aliphatic heterocycles. The van der Waals surface area contributed by atoms with Gasteiger partial charge in [0.1, 0.15) is 5.75 Å². The lowest BCUT2D eigenvalue weighted by Gasteiger charge is -2.27. The highest BCUT2D eigenvalue weighted by Gasteiger charge is 2.20. The molecule has 0 spiro atoms. The van der Waals surface area contributed by atoms with Crippen molar-refractivity contribution in [2.45, 2.75) is 38.7 Å². The summed E-state index contributed by atoms with van der Waals surface area (Å²) in [7, 11) is 0. The average molecular weight is 284 g/mol. The molecule has 1 aromatic carbocycles. The van der Waals surface area contributed by atoms with Gasteiger partial charge in [-0.3, -0.25) is 0 Å². The summed E-state index contributed by atoms with van der Waals surface area (Å²) in [6.07, 6.45) is 5.24. The molecule has 0 heterocycles. The molecule has 1 aliphatic carbocycles. The Hall–Kier alpha value is -0.700. The minimum absolute atomic E-state index is 0.340.